The summed E-state index contributed by atoms with van der Waals surface area (Å²) >= 11 is 0. The minimum atomic E-state index is -3.79. The Labute approximate surface area is 206 Å². The number of ether oxygens (including phenoxy) is 3. The van der Waals surface area contributed by atoms with Crippen molar-refractivity contribution in [2.24, 2.45) is 0 Å². The quantitative estimate of drug-likeness (QED) is 0.425. The summed E-state index contributed by atoms with van der Waals surface area (Å²) in [5.74, 6) is 1.66. The molecule has 1 amide bonds. The first-order valence-corrected chi connectivity index (χ1v) is 12.6. The predicted octanol–water partition coefficient (Wildman–Crippen LogP) is 4.24. The molecule has 0 saturated heterocycles. The van der Waals surface area contributed by atoms with E-state index in [1.807, 2.05) is 31.2 Å². The van der Waals surface area contributed by atoms with Gasteiger partial charge in [0.25, 0.3) is 15.9 Å². The Morgan fingerprint density at radius 3 is 2.20 bits per heavy atom. The Bertz CT molecular complexity index is 1240. The van der Waals surface area contributed by atoms with E-state index >= 15 is 0 Å². The van der Waals surface area contributed by atoms with E-state index in [-0.39, 0.29) is 17.4 Å². The Hall–Kier alpha value is -3.72. The molecular formula is C26H30N2O6S. The van der Waals surface area contributed by atoms with Crippen LogP contribution in [0.5, 0.6) is 17.2 Å². The number of amides is 1. The first kappa shape index (κ1) is 25.9. The van der Waals surface area contributed by atoms with E-state index < -0.39 is 10.0 Å². The fourth-order valence-electron chi connectivity index (χ4n) is 3.29. The van der Waals surface area contributed by atoms with Gasteiger partial charge in [0, 0.05) is 19.3 Å². The molecule has 0 aliphatic carbocycles. The van der Waals surface area contributed by atoms with Crippen LogP contribution in [-0.2, 0) is 21.4 Å². The van der Waals surface area contributed by atoms with Gasteiger partial charge in [-0.15, -0.1) is 0 Å². The van der Waals surface area contributed by atoms with Gasteiger partial charge in [0.05, 0.1) is 18.6 Å². The summed E-state index contributed by atoms with van der Waals surface area (Å²) in [6, 6.07) is 18.7. The summed E-state index contributed by atoms with van der Waals surface area (Å²) in [5.41, 5.74) is 1.99. The normalized spacial score (nSPS) is 11.0. The fourth-order valence-corrected chi connectivity index (χ4v) is 4.44. The number of aryl methyl sites for hydroxylation is 1. The van der Waals surface area contributed by atoms with Crippen molar-refractivity contribution in [3.8, 4) is 17.2 Å². The summed E-state index contributed by atoms with van der Waals surface area (Å²) in [6.45, 7) is 4.41. The van der Waals surface area contributed by atoms with E-state index in [2.05, 4.69) is 4.72 Å². The minimum Gasteiger partial charge on any atom is -0.497 e. The van der Waals surface area contributed by atoms with Crippen molar-refractivity contribution < 1.29 is 27.4 Å². The summed E-state index contributed by atoms with van der Waals surface area (Å²) < 4.78 is 44.3. The number of nitrogens with zero attached hydrogens (tertiary/aromatic N) is 1. The molecule has 8 nitrogen and oxygen atoms in total. The van der Waals surface area contributed by atoms with Gasteiger partial charge in [-0.3, -0.25) is 9.52 Å². The largest absolute Gasteiger partial charge is 0.497 e. The lowest BCUT2D eigenvalue weighted by Gasteiger charge is -2.18. The molecule has 0 aliphatic rings. The van der Waals surface area contributed by atoms with E-state index in [4.69, 9.17) is 14.2 Å². The Kier molecular flexibility index (Phi) is 8.59. The number of sulfonamides is 1. The van der Waals surface area contributed by atoms with Crippen molar-refractivity contribution in [3.63, 3.8) is 0 Å². The van der Waals surface area contributed by atoms with Crippen molar-refractivity contribution >= 4 is 21.6 Å². The molecule has 0 fully saturated rings. The molecule has 9 heteroatoms. The molecular weight excluding hydrogens is 468 g/mol. The van der Waals surface area contributed by atoms with Crippen molar-refractivity contribution in [1.82, 2.24) is 4.90 Å². The highest BCUT2D eigenvalue weighted by Crippen LogP contribution is 2.24. The maximum absolute atomic E-state index is 12.8. The van der Waals surface area contributed by atoms with Crippen LogP contribution >= 0.6 is 0 Å². The average molecular weight is 499 g/mol. The highest BCUT2D eigenvalue weighted by atomic mass is 32.2. The number of likely N-dealkylation sites (N-methyl/N-ethyl adjacent to an activating group) is 1. The molecule has 0 atom stereocenters. The van der Waals surface area contributed by atoms with Gasteiger partial charge in [-0.25, -0.2) is 8.42 Å². The van der Waals surface area contributed by atoms with Crippen molar-refractivity contribution in [2.75, 3.05) is 32.1 Å². The van der Waals surface area contributed by atoms with Crippen LogP contribution < -0.4 is 18.9 Å². The number of anilines is 1. The van der Waals surface area contributed by atoms with E-state index in [1.54, 1.807) is 56.3 Å². The molecule has 3 aromatic rings. The lowest BCUT2D eigenvalue weighted by Crippen LogP contribution is -2.31. The number of carbonyl (C=O) groups excluding carboxylic acids is 1. The van der Waals surface area contributed by atoms with E-state index in [0.29, 0.717) is 35.9 Å². The number of nitrogens with one attached hydrogen (secondary N) is 1. The Morgan fingerprint density at radius 1 is 0.943 bits per heavy atom. The first-order valence-electron chi connectivity index (χ1n) is 11.1. The van der Waals surface area contributed by atoms with Crippen LogP contribution in [0.4, 0.5) is 5.69 Å². The third-order valence-corrected chi connectivity index (χ3v) is 6.61. The van der Waals surface area contributed by atoms with Crippen LogP contribution in [0.1, 0.15) is 18.1 Å². The van der Waals surface area contributed by atoms with Gasteiger partial charge in [0.15, 0.2) is 6.61 Å². The number of hydrogen-bond donors (Lipinski definition) is 1. The number of benzene rings is 3. The molecule has 1 N–H and O–H groups in total. The molecule has 0 saturated carbocycles. The topological polar surface area (TPSA) is 94.2 Å². The van der Waals surface area contributed by atoms with E-state index in [9.17, 15) is 13.2 Å². The fraction of sp³-hybridized carbons (Fsp3) is 0.269. The van der Waals surface area contributed by atoms with Crippen LogP contribution in [0.2, 0.25) is 0 Å². The maximum atomic E-state index is 12.8. The lowest BCUT2D eigenvalue weighted by atomic mass is 10.2. The molecule has 3 rings (SSSR count). The molecule has 35 heavy (non-hydrogen) atoms. The molecule has 0 aliphatic heterocycles. The highest BCUT2D eigenvalue weighted by molar-refractivity contribution is 7.92. The van der Waals surface area contributed by atoms with Crippen molar-refractivity contribution in [2.45, 2.75) is 25.3 Å². The standard InChI is InChI=1S/C26H30N2O6S/c1-5-33-23-12-8-21(9-13-23)27-35(30,31)24-14-15-25(19(2)16-24)34-18-26(29)28(3)17-20-6-10-22(32-4)11-7-20/h6-16,27H,5,17-18H2,1-4H3. The van der Waals surface area contributed by atoms with Crippen LogP contribution in [0, 0.1) is 6.92 Å². The summed E-state index contributed by atoms with van der Waals surface area (Å²) in [6.07, 6.45) is 0. The molecule has 0 bridgehead atoms. The number of methoxy groups -OCH3 is 1. The van der Waals surface area contributed by atoms with E-state index in [1.165, 1.54) is 12.1 Å². The molecule has 0 aromatic heterocycles. The number of hydrogen-bond acceptors (Lipinski definition) is 6. The molecule has 0 spiro atoms. The van der Waals surface area contributed by atoms with Gasteiger partial charge in [0.2, 0.25) is 0 Å². The molecule has 3 aromatic carbocycles. The monoisotopic (exact) mass is 498 g/mol. The smallest absolute Gasteiger partial charge is 0.261 e. The second-order valence-corrected chi connectivity index (χ2v) is 9.56. The van der Waals surface area contributed by atoms with Crippen LogP contribution in [0.25, 0.3) is 0 Å². The second kappa shape index (κ2) is 11.6. The SMILES string of the molecule is CCOc1ccc(NS(=O)(=O)c2ccc(OCC(=O)N(C)Cc3ccc(OC)cc3)c(C)c2)cc1. The van der Waals surface area contributed by atoms with Gasteiger partial charge in [0.1, 0.15) is 17.2 Å². The van der Waals surface area contributed by atoms with Gasteiger partial charge >= 0.3 is 0 Å². The van der Waals surface area contributed by atoms with Gasteiger partial charge in [-0.1, -0.05) is 12.1 Å². The van der Waals surface area contributed by atoms with Crippen LogP contribution in [-0.4, -0.2) is 46.6 Å². The number of carbonyl (C=O) groups is 1. The van der Waals surface area contributed by atoms with E-state index in [0.717, 1.165) is 11.3 Å². The van der Waals surface area contributed by atoms with Crippen molar-refractivity contribution in [1.29, 1.82) is 0 Å². The zero-order chi connectivity index (χ0) is 25.4. The summed E-state index contributed by atoms with van der Waals surface area (Å²) in [4.78, 5) is 14.2. The highest BCUT2D eigenvalue weighted by Gasteiger charge is 2.17. The van der Waals surface area contributed by atoms with Gasteiger partial charge in [-0.2, -0.15) is 0 Å². The minimum absolute atomic E-state index is 0.0965. The molecule has 0 radical (unpaired) electrons. The number of rotatable bonds is 11. The third-order valence-electron chi connectivity index (χ3n) is 5.23. The van der Waals surface area contributed by atoms with Crippen molar-refractivity contribution in [3.05, 3.63) is 77.9 Å². The molecule has 0 heterocycles. The van der Waals surface area contributed by atoms with Crippen LogP contribution in [0.15, 0.2) is 71.6 Å². The molecule has 186 valence electrons. The van der Waals surface area contributed by atoms with Gasteiger partial charge < -0.3 is 19.1 Å². The first-order chi connectivity index (χ1) is 16.7. The second-order valence-electron chi connectivity index (χ2n) is 7.88. The third kappa shape index (κ3) is 7.13. The summed E-state index contributed by atoms with van der Waals surface area (Å²) in [7, 11) is -0.492. The zero-order valence-corrected chi connectivity index (χ0v) is 21.1. The zero-order valence-electron chi connectivity index (χ0n) is 20.3. The molecule has 0 unspecified atom stereocenters. The predicted molar refractivity (Wildman–Crippen MR) is 135 cm³/mol. The van der Waals surface area contributed by atoms with Gasteiger partial charge in [-0.05, 0) is 79.6 Å². The van der Waals surface area contributed by atoms with Crippen LogP contribution in [0.3, 0.4) is 0 Å². The Morgan fingerprint density at radius 2 is 1.60 bits per heavy atom. The Balaban J connectivity index is 1.59. The maximum Gasteiger partial charge on any atom is 0.261 e. The lowest BCUT2D eigenvalue weighted by molar-refractivity contribution is -0.132. The summed E-state index contributed by atoms with van der Waals surface area (Å²) in [5, 5.41) is 0. The average Bonchev–Trinajstić information content (AvgIpc) is 2.84.